The second-order valence-electron chi connectivity index (χ2n) is 5.48. The molecule has 17 heavy (non-hydrogen) atoms. The van der Waals surface area contributed by atoms with Gasteiger partial charge in [-0.05, 0) is 62.8 Å². The SMILES string of the molecule is CC(C)(C)[S+]([O-])/N=C/c1ccc2c(c1)CCC2. The lowest BCUT2D eigenvalue weighted by Crippen LogP contribution is -2.25. The largest absolute Gasteiger partial charge is 0.591 e. The van der Waals surface area contributed by atoms with Crippen molar-refractivity contribution in [1.82, 2.24) is 0 Å². The van der Waals surface area contributed by atoms with Crippen LogP contribution in [0.2, 0.25) is 0 Å². The molecule has 92 valence electrons. The van der Waals surface area contributed by atoms with Gasteiger partial charge < -0.3 is 4.55 Å². The number of benzene rings is 1. The molecule has 1 aliphatic carbocycles. The summed E-state index contributed by atoms with van der Waals surface area (Å²) in [5, 5.41) is 0. The van der Waals surface area contributed by atoms with Gasteiger partial charge in [-0.2, -0.15) is 0 Å². The minimum Gasteiger partial charge on any atom is -0.591 e. The van der Waals surface area contributed by atoms with E-state index in [-0.39, 0.29) is 4.75 Å². The van der Waals surface area contributed by atoms with Crippen LogP contribution in [0.4, 0.5) is 0 Å². The van der Waals surface area contributed by atoms with E-state index in [2.05, 4.69) is 22.6 Å². The molecule has 0 spiro atoms. The highest BCUT2D eigenvalue weighted by atomic mass is 32.2. The lowest BCUT2D eigenvalue weighted by Gasteiger charge is -2.17. The van der Waals surface area contributed by atoms with Gasteiger partial charge in [0.25, 0.3) is 0 Å². The Morgan fingerprint density at radius 1 is 1.24 bits per heavy atom. The maximum absolute atomic E-state index is 11.8. The molecule has 0 N–H and O–H groups in total. The lowest BCUT2D eigenvalue weighted by molar-refractivity contribution is 0.562. The van der Waals surface area contributed by atoms with E-state index in [4.69, 9.17) is 0 Å². The van der Waals surface area contributed by atoms with Gasteiger partial charge in [-0.15, -0.1) is 0 Å². The van der Waals surface area contributed by atoms with Crippen molar-refractivity contribution in [3.63, 3.8) is 0 Å². The summed E-state index contributed by atoms with van der Waals surface area (Å²) in [5.41, 5.74) is 3.94. The molecule has 0 amide bonds. The Morgan fingerprint density at radius 2 is 1.94 bits per heavy atom. The van der Waals surface area contributed by atoms with Gasteiger partial charge in [0.1, 0.15) is 16.1 Å². The third-order valence-corrected chi connectivity index (χ3v) is 4.29. The average Bonchev–Trinajstić information content (AvgIpc) is 2.71. The third-order valence-electron chi connectivity index (χ3n) is 2.94. The normalized spacial score (nSPS) is 17.4. The molecule has 0 heterocycles. The van der Waals surface area contributed by atoms with E-state index in [0.29, 0.717) is 0 Å². The highest BCUT2D eigenvalue weighted by molar-refractivity contribution is 7.91. The van der Waals surface area contributed by atoms with Gasteiger partial charge in [-0.3, -0.25) is 0 Å². The molecule has 1 aliphatic rings. The van der Waals surface area contributed by atoms with Crippen LogP contribution in [0, 0.1) is 0 Å². The summed E-state index contributed by atoms with van der Waals surface area (Å²) in [5.74, 6) is 0. The zero-order valence-electron chi connectivity index (χ0n) is 10.7. The molecule has 0 aromatic heterocycles. The van der Waals surface area contributed by atoms with Crippen LogP contribution in [0.15, 0.2) is 22.6 Å². The average molecular weight is 249 g/mol. The van der Waals surface area contributed by atoms with Crippen LogP contribution < -0.4 is 0 Å². The van der Waals surface area contributed by atoms with E-state index in [9.17, 15) is 4.55 Å². The Kier molecular flexibility index (Phi) is 3.59. The topological polar surface area (TPSA) is 35.4 Å². The molecule has 0 aliphatic heterocycles. The van der Waals surface area contributed by atoms with Gasteiger partial charge in [-0.1, -0.05) is 16.5 Å². The van der Waals surface area contributed by atoms with E-state index in [1.54, 1.807) is 6.21 Å². The number of aryl methyl sites for hydroxylation is 2. The van der Waals surface area contributed by atoms with Crippen molar-refractivity contribution in [1.29, 1.82) is 0 Å². The first kappa shape index (κ1) is 12.7. The van der Waals surface area contributed by atoms with Gasteiger partial charge in [0.2, 0.25) is 0 Å². The van der Waals surface area contributed by atoms with Gasteiger partial charge >= 0.3 is 0 Å². The van der Waals surface area contributed by atoms with Crippen molar-refractivity contribution < 1.29 is 4.55 Å². The van der Waals surface area contributed by atoms with Crippen molar-refractivity contribution >= 4 is 17.6 Å². The lowest BCUT2D eigenvalue weighted by atomic mass is 10.1. The molecule has 0 saturated heterocycles. The summed E-state index contributed by atoms with van der Waals surface area (Å²) >= 11 is -1.17. The summed E-state index contributed by atoms with van der Waals surface area (Å²) in [6.07, 6.45) is 5.35. The number of hydrogen-bond donors (Lipinski definition) is 0. The summed E-state index contributed by atoms with van der Waals surface area (Å²) in [7, 11) is 0. The van der Waals surface area contributed by atoms with Crippen LogP contribution >= 0.6 is 0 Å². The number of fused-ring (bicyclic) bond motifs is 1. The zero-order chi connectivity index (χ0) is 12.5. The smallest absolute Gasteiger partial charge is 0.144 e. The summed E-state index contributed by atoms with van der Waals surface area (Å²) in [6.45, 7) is 5.80. The number of hydrogen-bond acceptors (Lipinski definition) is 2. The van der Waals surface area contributed by atoms with E-state index in [1.165, 1.54) is 30.4 Å². The van der Waals surface area contributed by atoms with Gasteiger partial charge in [0, 0.05) is 0 Å². The molecule has 0 radical (unpaired) electrons. The third kappa shape index (κ3) is 3.11. The molecule has 1 atom stereocenters. The molecule has 0 saturated carbocycles. The first-order chi connectivity index (χ1) is 7.97. The van der Waals surface area contributed by atoms with Crippen molar-refractivity contribution in [3.05, 3.63) is 34.9 Å². The molecule has 0 fully saturated rings. The zero-order valence-corrected chi connectivity index (χ0v) is 11.5. The van der Waals surface area contributed by atoms with Crippen LogP contribution in [0.3, 0.4) is 0 Å². The fourth-order valence-electron chi connectivity index (χ4n) is 1.94. The molecule has 0 bridgehead atoms. The first-order valence-corrected chi connectivity index (χ1v) is 7.15. The van der Waals surface area contributed by atoms with Crippen LogP contribution in [0.5, 0.6) is 0 Å². The second kappa shape index (κ2) is 4.83. The maximum atomic E-state index is 11.8. The van der Waals surface area contributed by atoms with Crippen molar-refractivity contribution in [2.45, 2.75) is 44.8 Å². The molecular weight excluding hydrogens is 230 g/mol. The fourth-order valence-corrected chi connectivity index (χ4v) is 2.47. The van der Waals surface area contributed by atoms with Crippen molar-refractivity contribution in [2.24, 2.45) is 4.40 Å². The maximum Gasteiger partial charge on any atom is 0.144 e. The molecular formula is C14H19NOS. The Bertz CT molecular complexity index is 434. The Balaban J connectivity index is 2.12. The van der Waals surface area contributed by atoms with E-state index < -0.39 is 11.4 Å². The first-order valence-electron chi connectivity index (χ1n) is 6.05. The van der Waals surface area contributed by atoms with Crippen molar-refractivity contribution in [3.8, 4) is 0 Å². The second-order valence-corrected chi connectivity index (χ2v) is 7.41. The number of rotatable bonds is 2. The Labute approximate surface area is 106 Å². The predicted octanol–water partition coefficient (Wildman–Crippen LogP) is 3.06. The monoisotopic (exact) mass is 249 g/mol. The minimum absolute atomic E-state index is 0.284. The van der Waals surface area contributed by atoms with Crippen LogP contribution in [0.1, 0.15) is 43.9 Å². The Hall–Kier alpha value is -0.800. The summed E-state index contributed by atoms with van der Waals surface area (Å²) in [6, 6.07) is 6.41. The van der Waals surface area contributed by atoms with Crippen molar-refractivity contribution in [2.75, 3.05) is 0 Å². The van der Waals surface area contributed by atoms with E-state index >= 15 is 0 Å². The molecule has 1 unspecified atom stereocenters. The standard InChI is InChI=1S/C14H19NOS/c1-14(2,3)17(16)15-10-11-7-8-12-5-4-6-13(12)9-11/h7-10H,4-6H2,1-3H3/b15-10+. The quantitative estimate of drug-likeness (QED) is 0.586. The number of nitrogens with zero attached hydrogens (tertiary/aromatic N) is 1. The molecule has 2 nitrogen and oxygen atoms in total. The minimum atomic E-state index is -1.17. The summed E-state index contributed by atoms with van der Waals surface area (Å²) in [4.78, 5) is 0. The van der Waals surface area contributed by atoms with Gasteiger partial charge in [0.15, 0.2) is 0 Å². The molecule has 3 heteroatoms. The van der Waals surface area contributed by atoms with Gasteiger partial charge in [-0.25, -0.2) is 0 Å². The van der Waals surface area contributed by atoms with E-state index in [1.807, 2.05) is 20.8 Å². The fraction of sp³-hybridized carbons (Fsp3) is 0.500. The predicted molar refractivity (Wildman–Crippen MR) is 74.0 cm³/mol. The van der Waals surface area contributed by atoms with E-state index in [0.717, 1.165) is 5.56 Å². The molecule has 1 aromatic rings. The Morgan fingerprint density at radius 3 is 2.65 bits per heavy atom. The van der Waals surface area contributed by atoms with Crippen LogP contribution in [-0.4, -0.2) is 15.5 Å². The molecule has 1 aromatic carbocycles. The highest BCUT2D eigenvalue weighted by Gasteiger charge is 2.25. The highest BCUT2D eigenvalue weighted by Crippen LogP contribution is 2.22. The summed E-state index contributed by atoms with van der Waals surface area (Å²) < 4.78 is 15.6. The van der Waals surface area contributed by atoms with Crippen LogP contribution in [-0.2, 0) is 24.2 Å². The van der Waals surface area contributed by atoms with Gasteiger partial charge in [0.05, 0.1) is 6.21 Å². The molecule has 2 rings (SSSR count). The van der Waals surface area contributed by atoms with Crippen LogP contribution in [0.25, 0.3) is 0 Å².